The molecule has 7 heteroatoms. The summed E-state index contributed by atoms with van der Waals surface area (Å²) in [6.07, 6.45) is 4.12. The summed E-state index contributed by atoms with van der Waals surface area (Å²) in [5.41, 5.74) is 1.72. The van der Waals surface area contributed by atoms with Crippen LogP contribution >= 0.6 is 0 Å². The molecular formula is C25H33N3O4. The van der Waals surface area contributed by atoms with Crippen molar-refractivity contribution in [3.8, 4) is 11.5 Å². The van der Waals surface area contributed by atoms with Crippen LogP contribution in [-0.4, -0.2) is 54.3 Å². The molecule has 0 spiro atoms. The number of hydrogen-bond acceptors (Lipinski definition) is 5. The summed E-state index contributed by atoms with van der Waals surface area (Å²) in [5.74, 6) is 1.03. The summed E-state index contributed by atoms with van der Waals surface area (Å²) in [6.45, 7) is 8.54. The zero-order valence-corrected chi connectivity index (χ0v) is 19.1. The second kappa shape index (κ2) is 10.2. The average molecular weight is 440 g/mol. The highest BCUT2D eigenvalue weighted by Gasteiger charge is 2.24. The fraction of sp³-hybridized carbons (Fsp3) is 0.520. The van der Waals surface area contributed by atoms with Crippen LogP contribution < -0.4 is 20.2 Å². The molecule has 0 aliphatic carbocycles. The molecule has 1 atom stereocenters. The average Bonchev–Trinajstić information content (AvgIpc) is 2.82. The van der Waals surface area contributed by atoms with Crippen molar-refractivity contribution in [1.29, 1.82) is 0 Å². The maximum atomic E-state index is 13.1. The number of aryl methyl sites for hydroxylation is 1. The lowest BCUT2D eigenvalue weighted by atomic mass is 10.1. The van der Waals surface area contributed by atoms with Gasteiger partial charge in [0.15, 0.2) is 16.9 Å². The summed E-state index contributed by atoms with van der Waals surface area (Å²) in [6, 6.07) is 9.07. The molecule has 0 unspecified atom stereocenters. The van der Waals surface area contributed by atoms with E-state index in [4.69, 9.17) is 9.47 Å². The van der Waals surface area contributed by atoms with E-state index in [2.05, 4.69) is 14.8 Å². The number of rotatable bonds is 7. The minimum absolute atomic E-state index is 0.225. The van der Waals surface area contributed by atoms with Crippen molar-refractivity contribution in [3.63, 3.8) is 0 Å². The maximum absolute atomic E-state index is 13.1. The number of hydrogen-bond donors (Lipinski definition) is 1. The first-order valence-corrected chi connectivity index (χ1v) is 11.7. The molecule has 7 nitrogen and oxygen atoms in total. The number of nitrogens with one attached hydrogen (secondary N) is 1. The highest BCUT2D eigenvalue weighted by Crippen LogP contribution is 2.30. The zero-order chi connectivity index (χ0) is 22.5. The third kappa shape index (κ3) is 4.99. The van der Waals surface area contributed by atoms with Gasteiger partial charge in [0, 0.05) is 30.5 Å². The fourth-order valence-corrected chi connectivity index (χ4v) is 4.63. The van der Waals surface area contributed by atoms with E-state index in [0.717, 1.165) is 37.6 Å². The van der Waals surface area contributed by atoms with Crippen LogP contribution in [0.25, 0.3) is 0 Å². The first-order valence-electron chi connectivity index (χ1n) is 11.7. The van der Waals surface area contributed by atoms with E-state index in [1.54, 1.807) is 6.07 Å². The van der Waals surface area contributed by atoms with E-state index in [1.807, 2.05) is 38.1 Å². The predicted molar refractivity (Wildman–Crippen MR) is 124 cm³/mol. The minimum Gasteiger partial charge on any atom is -0.486 e. The fourth-order valence-electron chi connectivity index (χ4n) is 4.63. The quantitative estimate of drug-likeness (QED) is 0.718. The Labute approximate surface area is 189 Å². The van der Waals surface area contributed by atoms with Gasteiger partial charge in [-0.05, 0) is 51.4 Å². The van der Waals surface area contributed by atoms with Crippen molar-refractivity contribution in [2.45, 2.75) is 52.2 Å². The van der Waals surface area contributed by atoms with Crippen molar-refractivity contribution in [3.05, 3.63) is 57.5 Å². The van der Waals surface area contributed by atoms with Crippen molar-refractivity contribution >= 4 is 5.91 Å². The number of piperidine rings is 1. The lowest BCUT2D eigenvalue weighted by Crippen LogP contribution is -2.42. The number of benzene rings is 1. The van der Waals surface area contributed by atoms with E-state index in [-0.39, 0.29) is 29.5 Å². The third-order valence-electron chi connectivity index (χ3n) is 6.33. The standard InChI is InChI=1S/C25H33N3O4/c1-3-20-24(21(29)15-18(2)28(20)14-13-27-11-7-4-8-12-27)25(30)26-16-19-17-31-22-9-5-6-10-23(22)32-19/h5-6,9-10,15,19H,3-4,7-8,11-14,16-17H2,1-2H3,(H,26,30)/t19-/m1/s1. The molecule has 2 aromatic rings. The topological polar surface area (TPSA) is 72.8 Å². The molecule has 3 heterocycles. The summed E-state index contributed by atoms with van der Waals surface area (Å²) in [7, 11) is 0. The van der Waals surface area contributed by atoms with Crippen LogP contribution in [0.3, 0.4) is 0 Å². The lowest BCUT2D eigenvalue weighted by Gasteiger charge is -2.28. The summed E-state index contributed by atoms with van der Waals surface area (Å²) in [5, 5.41) is 2.90. The lowest BCUT2D eigenvalue weighted by molar-refractivity contribution is 0.0787. The Bertz CT molecular complexity index is 1010. The number of carbonyl (C=O) groups excluding carboxylic acids is 1. The van der Waals surface area contributed by atoms with Gasteiger partial charge in [-0.3, -0.25) is 9.59 Å². The molecule has 2 aliphatic rings. The Kier molecular flexibility index (Phi) is 7.15. The summed E-state index contributed by atoms with van der Waals surface area (Å²) >= 11 is 0. The van der Waals surface area contributed by atoms with Gasteiger partial charge < -0.3 is 24.3 Å². The molecular weight excluding hydrogens is 406 g/mol. The SMILES string of the molecule is CCc1c(C(=O)NC[C@@H]2COc3ccccc3O2)c(=O)cc(C)n1CCN1CCCCC1. The van der Waals surface area contributed by atoms with Crippen LogP contribution in [0.4, 0.5) is 0 Å². The highest BCUT2D eigenvalue weighted by molar-refractivity contribution is 5.95. The largest absolute Gasteiger partial charge is 0.486 e. The van der Waals surface area contributed by atoms with Gasteiger partial charge in [0.2, 0.25) is 0 Å². The van der Waals surface area contributed by atoms with Gasteiger partial charge in [-0.1, -0.05) is 25.5 Å². The smallest absolute Gasteiger partial charge is 0.257 e. The molecule has 0 radical (unpaired) electrons. The number of nitrogens with zero attached hydrogens (tertiary/aromatic N) is 2. The van der Waals surface area contributed by atoms with E-state index in [9.17, 15) is 9.59 Å². The van der Waals surface area contributed by atoms with Gasteiger partial charge >= 0.3 is 0 Å². The Morgan fingerprint density at radius 1 is 1.12 bits per heavy atom. The Balaban J connectivity index is 1.45. The molecule has 0 saturated carbocycles. The molecule has 0 bridgehead atoms. The number of ether oxygens (including phenoxy) is 2. The molecule has 1 N–H and O–H groups in total. The van der Waals surface area contributed by atoms with Crippen LogP contribution in [0.15, 0.2) is 35.1 Å². The number of amides is 1. The van der Waals surface area contributed by atoms with Gasteiger partial charge in [-0.2, -0.15) is 0 Å². The number of para-hydroxylation sites is 2. The number of aromatic nitrogens is 1. The van der Waals surface area contributed by atoms with Crippen molar-refractivity contribution in [1.82, 2.24) is 14.8 Å². The van der Waals surface area contributed by atoms with E-state index in [1.165, 1.54) is 19.3 Å². The van der Waals surface area contributed by atoms with Crippen molar-refractivity contribution in [2.75, 3.05) is 32.8 Å². The van der Waals surface area contributed by atoms with Crippen LogP contribution in [0, 0.1) is 6.92 Å². The molecule has 1 aromatic carbocycles. The van der Waals surface area contributed by atoms with Gasteiger partial charge in [0.05, 0.1) is 6.54 Å². The van der Waals surface area contributed by atoms with E-state index < -0.39 is 0 Å². The monoisotopic (exact) mass is 439 g/mol. The Morgan fingerprint density at radius 3 is 2.62 bits per heavy atom. The Morgan fingerprint density at radius 2 is 1.88 bits per heavy atom. The van der Waals surface area contributed by atoms with Crippen molar-refractivity contribution < 1.29 is 14.3 Å². The molecule has 4 rings (SSSR count). The van der Waals surface area contributed by atoms with Gasteiger partial charge in [0.1, 0.15) is 18.3 Å². The molecule has 32 heavy (non-hydrogen) atoms. The molecule has 1 aromatic heterocycles. The molecule has 2 aliphatic heterocycles. The van der Waals surface area contributed by atoms with Gasteiger partial charge in [0.25, 0.3) is 5.91 Å². The summed E-state index contributed by atoms with van der Waals surface area (Å²) in [4.78, 5) is 28.3. The maximum Gasteiger partial charge on any atom is 0.257 e. The van der Waals surface area contributed by atoms with E-state index >= 15 is 0 Å². The van der Waals surface area contributed by atoms with Crippen LogP contribution in [-0.2, 0) is 13.0 Å². The number of likely N-dealkylation sites (tertiary alicyclic amines) is 1. The summed E-state index contributed by atoms with van der Waals surface area (Å²) < 4.78 is 13.8. The van der Waals surface area contributed by atoms with Gasteiger partial charge in [-0.25, -0.2) is 0 Å². The second-order valence-electron chi connectivity index (χ2n) is 8.59. The number of carbonyl (C=O) groups is 1. The van der Waals surface area contributed by atoms with Crippen LogP contribution in [0.1, 0.15) is 47.9 Å². The van der Waals surface area contributed by atoms with Crippen molar-refractivity contribution in [2.24, 2.45) is 0 Å². The first kappa shape index (κ1) is 22.4. The first-order chi connectivity index (χ1) is 15.6. The zero-order valence-electron chi connectivity index (χ0n) is 19.1. The number of pyridine rings is 1. The molecule has 1 fully saturated rings. The normalized spacial score (nSPS) is 18.4. The third-order valence-corrected chi connectivity index (χ3v) is 6.33. The highest BCUT2D eigenvalue weighted by atomic mass is 16.6. The predicted octanol–water partition coefficient (Wildman–Crippen LogP) is 2.77. The second-order valence-corrected chi connectivity index (χ2v) is 8.59. The Hall–Kier alpha value is -2.80. The van der Waals surface area contributed by atoms with E-state index in [0.29, 0.717) is 24.5 Å². The molecule has 1 amide bonds. The van der Waals surface area contributed by atoms with Crippen LogP contribution in [0.5, 0.6) is 11.5 Å². The minimum atomic E-state index is -0.346. The van der Waals surface area contributed by atoms with Crippen LogP contribution in [0.2, 0.25) is 0 Å². The van der Waals surface area contributed by atoms with Gasteiger partial charge in [-0.15, -0.1) is 0 Å². The molecule has 1 saturated heterocycles. The molecule has 172 valence electrons. The number of fused-ring (bicyclic) bond motifs is 1.